The number of carbonyl (C=O) groups is 2. The van der Waals surface area contributed by atoms with E-state index in [-0.39, 0.29) is 11.7 Å². The Morgan fingerprint density at radius 2 is 1.55 bits per heavy atom. The Kier molecular flexibility index (Phi) is 3.37. The van der Waals surface area contributed by atoms with E-state index < -0.39 is 0 Å². The quantitative estimate of drug-likeness (QED) is 0.838. The number of nitrogens with zero attached hydrogens (tertiary/aromatic N) is 2. The van der Waals surface area contributed by atoms with Gasteiger partial charge in [-0.15, -0.1) is 0 Å². The summed E-state index contributed by atoms with van der Waals surface area (Å²) in [6.45, 7) is 1.08. The third-order valence-corrected chi connectivity index (χ3v) is 3.63. The maximum Gasteiger partial charge on any atom is 0.253 e. The van der Waals surface area contributed by atoms with Gasteiger partial charge in [0.1, 0.15) is 5.78 Å². The zero-order valence-corrected chi connectivity index (χ0v) is 11.2. The molecule has 0 spiro atoms. The van der Waals surface area contributed by atoms with Crippen LogP contribution in [0.2, 0.25) is 0 Å². The molecule has 2 aromatic rings. The molecule has 1 aromatic carbocycles. The minimum absolute atomic E-state index is 0.0107. The molecule has 3 rings (SSSR count). The SMILES string of the molecule is O=C1CCN(C(=O)c2ccc(-n3cccc3)cc2)CC1. The Hall–Kier alpha value is -2.36. The van der Waals surface area contributed by atoms with Gasteiger partial charge in [0.05, 0.1) is 0 Å². The van der Waals surface area contributed by atoms with Gasteiger partial charge in [0.2, 0.25) is 0 Å². The molecule has 1 fully saturated rings. The van der Waals surface area contributed by atoms with Crippen molar-refractivity contribution < 1.29 is 9.59 Å². The number of piperidine rings is 1. The molecule has 4 nitrogen and oxygen atoms in total. The highest BCUT2D eigenvalue weighted by molar-refractivity contribution is 5.95. The first-order valence-corrected chi connectivity index (χ1v) is 6.78. The summed E-state index contributed by atoms with van der Waals surface area (Å²) in [5, 5.41) is 0. The van der Waals surface area contributed by atoms with Crippen molar-refractivity contribution in [2.75, 3.05) is 13.1 Å². The van der Waals surface area contributed by atoms with Crippen molar-refractivity contribution in [1.82, 2.24) is 9.47 Å². The molecule has 1 amide bonds. The van der Waals surface area contributed by atoms with E-state index in [1.54, 1.807) is 4.90 Å². The van der Waals surface area contributed by atoms with Crippen LogP contribution in [0, 0.1) is 0 Å². The summed E-state index contributed by atoms with van der Waals surface area (Å²) in [4.78, 5) is 25.3. The number of amides is 1. The van der Waals surface area contributed by atoms with Crippen molar-refractivity contribution >= 4 is 11.7 Å². The lowest BCUT2D eigenvalue weighted by Crippen LogP contribution is -2.38. The fraction of sp³-hybridized carbons (Fsp3) is 0.250. The lowest BCUT2D eigenvalue weighted by Gasteiger charge is -2.26. The van der Waals surface area contributed by atoms with E-state index in [4.69, 9.17) is 0 Å². The summed E-state index contributed by atoms with van der Waals surface area (Å²) in [5.41, 5.74) is 1.70. The van der Waals surface area contributed by atoms with Gasteiger partial charge in [-0.1, -0.05) is 0 Å². The van der Waals surface area contributed by atoms with Gasteiger partial charge in [-0.2, -0.15) is 0 Å². The van der Waals surface area contributed by atoms with Gasteiger partial charge in [0.15, 0.2) is 0 Å². The minimum atomic E-state index is 0.0107. The maximum atomic E-state index is 12.3. The molecule has 2 heterocycles. The maximum absolute atomic E-state index is 12.3. The molecule has 0 atom stereocenters. The molecule has 4 heteroatoms. The molecule has 0 N–H and O–H groups in total. The van der Waals surface area contributed by atoms with Gasteiger partial charge in [-0.3, -0.25) is 9.59 Å². The highest BCUT2D eigenvalue weighted by Gasteiger charge is 2.21. The molecule has 0 unspecified atom stereocenters. The minimum Gasteiger partial charge on any atom is -0.338 e. The molecular formula is C16H16N2O2. The second-order valence-electron chi connectivity index (χ2n) is 4.97. The normalized spacial score (nSPS) is 15.4. The van der Waals surface area contributed by atoms with Crippen LogP contribution in [0.3, 0.4) is 0 Å². The summed E-state index contributed by atoms with van der Waals surface area (Å²) < 4.78 is 1.99. The first-order chi connectivity index (χ1) is 9.74. The average molecular weight is 268 g/mol. The Morgan fingerprint density at radius 1 is 0.950 bits per heavy atom. The molecule has 1 aliphatic rings. The molecule has 1 aromatic heterocycles. The predicted octanol–water partition coefficient (Wildman–Crippen LogP) is 2.28. The number of ketones is 1. The molecule has 0 radical (unpaired) electrons. The lowest BCUT2D eigenvalue weighted by molar-refractivity contribution is -0.120. The summed E-state index contributed by atoms with van der Waals surface area (Å²) in [6, 6.07) is 11.5. The lowest BCUT2D eigenvalue weighted by atomic mass is 10.1. The van der Waals surface area contributed by atoms with E-state index in [0.717, 1.165) is 5.69 Å². The van der Waals surface area contributed by atoms with Crippen LogP contribution in [0.15, 0.2) is 48.8 Å². The van der Waals surface area contributed by atoms with Gasteiger partial charge < -0.3 is 9.47 Å². The fourth-order valence-corrected chi connectivity index (χ4v) is 2.42. The van der Waals surface area contributed by atoms with E-state index in [2.05, 4.69) is 0 Å². The number of likely N-dealkylation sites (tertiary alicyclic amines) is 1. The first kappa shape index (κ1) is 12.7. The van der Waals surface area contributed by atoms with Gasteiger partial charge in [-0.05, 0) is 36.4 Å². The summed E-state index contributed by atoms with van der Waals surface area (Å²) in [7, 11) is 0. The van der Waals surface area contributed by atoms with Gasteiger partial charge in [-0.25, -0.2) is 0 Å². The van der Waals surface area contributed by atoms with Crippen LogP contribution in [0.4, 0.5) is 0 Å². The Bertz CT molecular complexity index is 604. The molecule has 0 bridgehead atoms. The number of rotatable bonds is 2. The fourth-order valence-electron chi connectivity index (χ4n) is 2.42. The molecule has 20 heavy (non-hydrogen) atoms. The molecular weight excluding hydrogens is 252 g/mol. The van der Waals surface area contributed by atoms with Crippen LogP contribution in [-0.2, 0) is 4.79 Å². The number of hydrogen-bond donors (Lipinski definition) is 0. The average Bonchev–Trinajstić information content (AvgIpc) is 3.02. The zero-order chi connectivity index (χ0) is 13.9. The largest absolute Gasteiger partial charge is 0.338 e. The van der Waals surface area contributed by atoms with Crippen LogP contribution in [0.25, 0.3) is 5.69 Å². The standard InChI is InChI=1S/C16H16N2O2/c19-15-7-11-18(12-8-15)16(20)13-3-5-14(6-4-13)17-9-1-2-10-17/h1-6,9-10H,7-8,11-12H2. The van der Waals surface area contributed by atoms with E-state index in [9.17, 15) is 9.59 Å². The van der Waals surface area contributed by atoms with E-state index in [1.807, 2.05) is 53.4 Å². The van der Waals surface area contributed by atoms with E-state index >= 15 is 0 Å². The zero-order valence-electron chi connectivity index (χ0n) is 11.2. The summed E-state index contributed by atoms with van der Waals surface area (Å²) in [6.07, 6.45) is 4.89. The molecule has 0 aliphatic carbocycles. The van der Waals surface area contributed by atoms with E-state index in [1.165, 1.54) is 0 Å². The molecule has 0 saturated carbocycles. The molecule has 102 valence electrons. The Balaban J connectivity index is 1.74. The Labute approximate surface area is 117 Å². The topological polar surface area (TPSA) is 42.3 Å². The van der Waals surface area contributed by atoms with Crippen molar-refractivity contribution in [1.29, 1.82) is 0 Å². The summed E-state index contributed by atoms with van der Waals surface area (Å²) >= 11 is 0. The van der Waals surface area contributed by atoms with Crippen molar-refractivity contribution in [3.05, 3.63) is 54.4 Å². The third kappa shape index (κ3) is 2.50. The molecule has 1 aliphatic heterocycles. The van der Waals surface area contributed by atoms with Crippen LogP contribution < -0.4 is 0 Å². The highest BCUT2D eigenvalue weighted by atomic mass is 16.2. The second-order valence-corrected chi connectivity index (χ2v) is 4.97. The van der Waals surface area contributed by atoms with Crippen LogP contribution in [-0.4, -0.2) is 34.2 Å². The van der Waals surface area contributed by atoms with Gasteiger partial charge in [0, 0.05) is 49.6 Å². The number of carbonyl (C=O) groups excluding carboxylic acids is 2. The van der Waals surface area contributed by atoms with Gasteiger partial charge >= 0.3 is 0 Å². The highest BCUT2D eigenvalue weighted by Crippen LogP contribution is 2.14. The third-order valence-electron chi connectivity index (χ3n) is 3.63. The van der Waals surface area contributed by atoms with Gasteiger partial charge in [0.25, 0.3) is 5.91 Å². The van der Waals surface area contributed by atoms with Crippen molar-refractivity contribution in [2.45, 2.75) is 12.8 Å². The Morgan fingerprint density at radius 3 is 2.15 bits per heavy atom. The molecule has 1 saturated heterocycles. The van der Waals surface area contributed by atoms with Crippen molar-refractivity contribution in [2.24, 2.45) is 0 Å². The smallest absolute Gasteiger partial charge is 0.253 e. The number of Topliss-reactive ketones (excluding diaryl/α,β-unsaturated/α-hetero) is 1. The summed E-state index contributed by atoms with van der Waals surface area (Å²) in [5.74, 6) is 0.258. The number of benzene rings is 1. The number of aromatic nitrogens is 1. The number of hydrogen-bond acceptors (Lipinski definition) is 2. The van der Waals surface area contributed by atoms with Crippen molar-refractivity contribution in [3.63, 3.8) is 0 Å². The van der Waals surface area contributed by atoms with Crippen LogP contribution in [0.1, 0.15) is 23.2 Å². The van der Waals surface area contributed by atoms with Crippen molar-refractivity contribution in [3.8, 4) is 5.69 Å². The van der Waals surface area contributed by atoms with Crippen LogP contribution in [0.5, 0.6) is 0 Å². The van der Waals surface area contributed by atoms with E-state index in [0.29, 0.717) is 31.5 Å². The monoisotopic (exact) mass is 268 g/mol. The second kappa shape index (κ2) is 5.33. The first-order valence-electron chi connectivity index (χ1n) is 6.78. The van der Waals surface area contributed by atoms with Crippen LogP contribution >= 0.6 is 0 Å². The predicted molar refractivity (Wildman–Crippen MR) is 75.9 cm³/mol.